The van der Waals surface area contributed by atoms with Crippen molar-refractivity contribution in [3.63, 3.8) is 0 Å². The summed E-state index contributed by atoms with van der Waals surface area (Å²) in [5.74, 6) is 0.0703. The van der Waals surface area contributed by atoms with Gasteiger partial charge in [0.25, 0.3) is 0 Å². The summed E-state index contributed by atoms with van der Waals surface area (Å²) in [4.78, 5) is 12.4. The van der Waals surface area contributed by atoms with E-state index in [2.05, 4.69) is 6.92 Å². The first-order chi connectivity index (χ1) is 5.57. The molecule has 0 fully saturated rings. The first-order valence-corrected chi connectivity index (χ1v) is 4.78. The molecule has 1 aromatic heterocycles. The molecule has 66 valence electrons. The maximum absolute atomic E-state index is 11.1. The largest absolute Gasteiger partial charge is 0.390 e. The molecule has 12 heavy (non-hydrogen) atoms. The number of nitrogen functional groups attached to an aromatic ring is 1. The predicted molar refractivity (Wildman–Crippen MR) is 52.9 cm³/mol. The lowest BCUT2D eigenvalue weighted by molar-refractivity contribution is 0.101. The minimum absolute atomic E-state index is 0.0703. The van der Waals surface area contributed by atoms with Crippen molar-refractivity contribution in [1.29, 1.82) is 0 Å². The van der Waals surface area contributed by atoms with E-state index in [4.69, 9.17) is 5.73 Å². The molecule has 3 heteroatoms. The molecule has 2 N–H and O–H groups in total. The molecule has 0 amide bonds. The Kier molecular flexibility index (Phi) is 2.52. The summed E-state index contributed by atoms with van der Waals surface area (Å²) in [5.41, 5.74) is 7.50. The van der Waals surface area contributed by atoms with Crippen LogP contribution in [0.4, 0.5) is 5.00 Å². The highest BCUT2D eigenvalue weighted by atomic mass is 32.1. The van der Waals surface area contributed by atoms with E-state index in [9.17, 15) is 4.79 Å². The summed E-state index contributed by atoms with van der Waals surface area (Å²) in [6.07, 6.45) is 0.952. The predicted octanol–water partition coefficient (Wildman–Crippen LogP) is 2.40. The van der Waals surface area contributed by atoms with Crippen LogP contribution in [0.5, 0.6) is 0 Å². The molecule has 0 aliphatic carbocycles. The summed E-state index contributed by atoms with van der Waals surface area (Å²) >= 11 is 1.53. The molecule has 0 aliphatic heterocycles. The zero-order chi connectivity index (χ0) is 9.30. The lowest BCUT2D eigenvalue weighted by Gasteiger charge is -1.95. The van der Waals surface area contributed by atoms with E-state index in [1.165, 1.54) is 16.2 Å². The Hall–Kier alpha value is -0.830. The summed E-state index contributed by atoms with van der Waals surface area (Å²) in [7, 11) is 0. The minimum atomic E-state index is 0.0703. The van der Waals surface area contributed by atoms with Crippen molar-refractivity contribution in [3.8, 4) is 0 Å². The highest BCUT2D eigenvalue weighted by molar-refractivity contribution is 7.16. The molecule has 0 aromatic carbocycles. The van der Waals surface area contributed by atoms with Crippen LogP contribution in [0.2, 0.25) is 0 Å². The van der Waals surface area contributed by atoms with Crippen molar-refractivity contribution >= 4 is 22.1 Å². The molecule has 1 heterocycles. The third-order valence-electron chi connectivity index (χ3n) is 1.95. The van der Waals surface area contributed by atoms with Crippen LogP contribution in [-0.2, 0) is 6.42 Å². The van der Waals surface area contributed by atoms with Crippen molar-refractivity contribution in [2.75, 3.05) is 5.73 Å². The molecule has 1 rings (SSSR count). The monoisotopic (exact) mass is 183 g/mol. The third-order valence-corrected chi connectivity index (χ3v) is 3.21. The Morgan fingerprint density at radius 3 is 2.42 bits per heavy atom. The van der Waals surface area contributed by atoms with Crippen LogP contribution in [-0.4, -0.2) is 5.78 Å². The normalized spacial score (nSPS) is 10.2. The van der Waals surface area contributed by atoms with Gasteiger partial charge in [0.2, 0.25) is 0 Å². The van der Waals surface area contributed by atoms with Crippen LogP contribution in [0.15, 0.2) is 0 Å². The Morgan fingerprint density at radius 2 is 2.17 bits per heavy atom. The van der Waals surface area contributed by atoms with Gasteiger partial charge in [0.05, 0.1) is 10.6 Å². The highest BCUT2D eigenvalue weighted by Crippen LogP contribution is 2.30. The van der Waals surface area contributed by atoms with Crippen LogP contribution in [0.3, 0.4) is 0 Å². The molecule has 0 unspecified atom stereocenters. The molecule has 0 saturated heterocycles. The Morgan fingerprint density at radius 1 is 1.58 bits per heavy atom. The number of carbonyl (C=O) groups excluding carboxylic acids is 1. The topological polar surface area (TPSA) is 43.1 Å². The van der Waals surface area contributed by atoms with Gasteiger partial charge in [-0.2, -0.15) is 0 Å². The van der Waals surface area contributed by atoms with Gasteiger partial charge < -0.3 is 5.73 Å². The molecule has 0 radical (unpaired) electrons. The van der Waals surface area contributed by atoms with Crippen molar-refractivity contribution in [2.45, 2.75) is 27.2 Å². The maximum Gasteiger partial charge on any atom is 0.163 e. The number of hydrogen-bond acceptors (Lipinski definition) is 3. The molecule has 2 nitrogen and oxygen atoms in total. The van der Waals surface area contributed by atoms with E-state index in [1.807, 2.05) is 6.92 Å². The van der Waals surface area contributed by atoms with Gasteiger partial charge in [0, 0.05) is 4.88 Å². The highest BCUT2D eigenvalue weighted by Gasteiger charge is 2.14. The van der Waals surface area contributed by atoms with Gasteiger partial charge in [-0.15, -0.1) is 11.3 Å². The van der Waals surface area contributed by atoms with E-state index < -0.39 is 0 Å². The average molecular weight is 183 g/mol. The van der Waals surface area contributed by atoms with Crippen molar-refractivity contribution < 1.29 is 4.79 Å². The number of aryl methyl sites for hydroxylation is 1. The van der Waals surface area contributed by atoms with Crippen LogP contribution in [0, 0.1) is 6.92 Å². The van der Waals surface area contributed by atoms with Gasteiger partial charge in [-0.05, 0) is 25.8 Å². The second-order valence-electron chi connectivity index (χ2n) is 2.80. The lowest BCUT2D eigenvalue weighted by Crippen LogP contribution is -1.97. The molecular formula is C9H13NOS. The second-order valence-corrected chi connectivity index (χ2v) is 3.94. The fourth-order valence-corrected chi connectivity index (χ4v) is 2.42. The van der Waals surface area contributed by atoms with Crippen LogP contribution in [0.1, 0.15) is 34.6 Å². The number of rotatable bonds is 2. The Labute approximate surface area is 76.4 Å². The standard InChI is InChI=1S/C9H13NOS/c1-4-7-5(2)8(6(3)11)9(10)12-7/h4,10H2,1-3H3. The molecule has 1 aromatic rings. The van der Waals surface area contributed by atoms with Gasteiger partial charge >= 0.3 is 0 Å². The first kappa shape index (κ1) is 9.26. The quantitative estimate of drug-likeness (QED) is 0.715. The van der Waals surface area contributed by atoms with Crippen molar-refractivity contribution in [1.82, 2.24) is 0 Å². The Bertz CT molecular complexity index is 315. The van der Waals surface area contributed by atoms with Crippen LogP contribution < -0.4 is 5.73 Å². The van der Waals surface area contributed by atoms with E-state index in [-0.39, 0.29) is 5.78 Å². The van der Waals surface area contributed by atoms with Gasteiger partial charge in [0.15, 0.2) is 5.78 Å². The SMILES string of the molecule is CCc1sc(N)c(C(C)=O)c1C. The molecular weight excluding hydrogens is 170 g/mol. The van der Waals surface area contributed by atoms with Crippen molar-refractivity contribution in [3.05, 3.63) is 16.0 Å². The van der Waals surface area contributed by atoms with E-state index in [0.29, 0.717) is 5.00 Å². The summed E-state index contributed by atoms with van der Waals surface area (Å²) < 4.78 is 0. The average Bonchev–Trinajstić information content (AvgIpc) is 2.25. The van der Waals surface area contributed by atoms with E-state index in [1.54, 1.807) is 6.92 Å². The molecule has 0 spiro atoms. The Balaban J connectivity index is 3.28. The third kappa shape index (κ3) is 1.37. The number of Topliss-reactive ketones (excluding diaryl/α,β-unsaturated/α-hetero) is 1. The molecule has 0 aliphatic rings. The van der Waals surface area contributed by atoms with Gasteiger partial charge in [-0.25, -0.2) is 0 Å². The second kappa shape index (κ2) is 3.27. The summed E-state index contributed by atoms with van der Waals surface area (Å²) in [6.45, 7) is 5.59. The van der Waals surface area contributed by atoms with Crippen molar-refractivity contribution in [2.24, 2.45) is 0 Å². The number of ketones is 1. The molecule has 0 atom stereocenters. The molecule has 0 bridgehead atoms. The van der Waals surface area contributed by atoms with Crippen LogP contribution >= 0.6 is 11.3 Å². The summed E-state index contributed by atoms with van der Waals surface area (Å²) in [6, 6.07) is 0. The first-order valence-electron chi connectivity index (χ1n) is 3.96. The van der Waals surface area contributed by atoms with E-state index >= 15 is 0 Å². The van der Waals surface area contributed by atoms with Gasteiger partial charge in [-0.3, -0.25) is 4.79 Å². The zero-order valence-corrected chi connectivity index (χ0v) is 8.42. The number of hydrogen-bond donors (Lipinski definition) is 1. The summed E-state index contributed by atoms with van der Waals surface area (Å²) in [5, 5.41) is 0.664. The van der Waals surface area contributed by atoms with Crippen LogP contribution in [0.25, 0.3) is 0 Å². The minimum Gasteiger partial charge on any atom is -0.390 e. The molecule has 0 saturated carbocycles. The lowest BCUT2D eigenvalue weighted by atomic mass is 10.1. The number of anilines is 1. The fourth-order valence-electron chi connectivity index (χ4n) is 1.36. The maximum atomic E-state index is 11.1. The van der Waals surface area contributed by atoms with E-state index in [0.717, 1.165) is 17.5 Å². The number of thiophene rings is 1. The number of carbonyl (C=O) groups is 1. The van der Waals surface area contributed by atoms with Gasteiger partial charge in [-0.1, -0.05) is 6.92 Å². The fraction of sp³-hybridized carbons (Fsp3) is 0.444. The zero-order valence-electron chi connectivity index (χ0n) is 7.60. The van der Waals surface area contributed by atoms with Gasteiger partial charge in [0.1, 0.15) is 0 Å². The number of nitrogens with two attached hydrogens (primary N) is 1. The smallest absolute Gasteiger partial charge is 0.163 e.